The van der Waals surface area contributed by atoms with E-state index in [2.05, 4.69) is 42.2 Å². The summed E-state index contributed by atoms with van der Waals surface area (Å²) >= 11 is 2.62. The Balaban J connectivity index is 2.30. The number of allylic oxidation sites excluding steroid dienone is 1. The summed E-state index contributed by atoms with van der Waals surface area (Å²) in [6, 6.07) is 0. The zero-order chi connectivity index (χ0) is 8.97. The standard InChI is InChI=1S/C11H19I/c1-3-9-5-7-10(8-6-9)11(12)4-2/h3,9-11H,1,4-8H2,2H3. The quantitative estimate of drug-likeness (QED) is 0.412. The van der Waals surface area contributed by atoms with Gasteiger partial charge in [0.05, 0.1) is 0 Å². The van der Waals surface area contributed by atoms with E-state index in [4.69, 9.17) is 0 Å². The van der Waals surface area contributed by atoms with Gasteiger partial charge in [-0.2, -0.15) is 0 Å². The van der Waals surface area contributed by atoms with E-state index in [1.807, 2.05) is 0 Å². The van der Waals surface area contributed by atoms with Crippen molar-refractivity contribution < 1.29 is 0 Å². The van der Waals surface area contributed by atoms with Crippen molar-refractivity contribution in [2.24, 2.45) is 11.8 Å². The Bertz CT molecular complexity index is 134. The van der Waals surface area contributed by atoms with Crippen molar-refractivity contribution in [2.45, 2.75) is 43.0 Å². The zero-order valence-electron chi connectivity index (χ0n) is 7.93. The highest BCUT2D eigenvalue weighted by atomic mass is 127. The molecule has 0 bridgehead atoms. The fourth-order valence-corrected chi connectivity index (χ4v) is 2.79. The lowest BCUT2D eigenvalue weighted by Gasteiger charge is -2.29. The topological polar surface area (TPSA) is 0 Å². The number of halogens is 1. The lowest BCUT2D eigenvalue weighted by atomic mass is 9.80. The summed E-state index contributed by atoms with van der Waals surface area (Å²) < 4.78 is 0.911. The highest BCUT2D eigenvalue weighted by Crippen LogP contribution is 2.35. The molecule has 0 aromatic carbocycles. The first-order valence-electron chi connectivity index (χ1n) is 5.04. The molecular formula is C11H19I. The fourth-order valence-electron chi connectivity index (χ4n) is 2.08. The van der Waals surface area contributed by atoms with E-state index >= 15 is 0 Å². The van der Waals surface area contributed by atoms with Crippen molar-refractivity contribution in [3.8, 4) is 0 Å². The molecule has 0 spiro atoms. The Kier molecular flexibility index (Phi) is 4.62. The summed E-state index contributed by atoms with van der Waals surface area (Å²) in [6.45, 7) is 6.17. The van der Waals surface area contributed by atoms with Gasteiger partial charge in [-0.1, -0.05) is 35.6 Å². The minimum Gasteiger partial charge on any atom is -0.103 e. The molecule has 1 saturated carbocycles. The molecule has 1 atom stereocenters. The molecule has 12 heavy (non-hydrogen) atoms. The van der Waals surface area contributed by atoms with Crippen molar-refractivity contribution >= 4 is 22.6 Å². The summed E-state index contributed by atoms with van der Waals surface area (Å²) in [7, 11) is 0. The van der Waals surface area contributed by atoms with Crippen molar-refractivity contribution in [2.75, 3.05) is 0 Å². The molecule has 0 nitrogen and oxygen atoms in total. The first kappa shape index (κ1) is 10.6. The Hall–Kier alpha value is 0.470. The summed E-state index contributed by atoms with van der Waals surface area (Å²) in [6.07, 6.45) is 9.10. The van der Waals surface area contributed by atoms with Gasteiger partial charge in [-0.25, -0.2) is 0 Å². The second-order valence-corrected chi connectivity index (χ2v) is 5.43. The Morgan fingerprint density at radius 3 is 2.42 bits per heavy atom. The van der Waals surface area contributed by atoms with Gasteiger partial charge in [-0.05, 0) is 43.9 Å². The van der Waals surface area contributed by atoms with Gasteiger partial charge in [0, 0.05) is 3.92 Å². The van der Waals surface area contributed by atoms with Crippen LogP contribution >= 0.6 is 22.6 Å². The maximum atomic E-state index is 3.87. The molecule has 1 aliphatic rings. The molecular weight excluding hydrogens is 259 g/mol. The molecule has 70 valence electrons. The van der Waals surface area contributed by atoms with Gasteiger partial charge >= 0.3 is 0 Å². The molecule has 0 aromatic heterocycles. The van der Waals surface area contributed by atoms with E-state index in [0.29, 0.717) is 0 Å². The monoisotopic (exact) mass is 278 g/mol. The van der Waals surface area contributed by atoms with Gasteiger partial charge in [-0.15, -0.1) is 6.58 Å². The Morgan fingerprint density at radius 1 is 1.42 bits per heavy atom. The predicted molar refractivity (Wildman–Crippen MR) is 63.7 cm³/mol. The largest absolute Gasteiger partial charge is 0.103 e. The Labute approximate surface area is 90.0 Å². The van der Waals surface area contributed by atoms with Crippen LogP contribution in [-0.2, 0) is 0 Å². The van der Waals surface area contributed by atoms with E-state index in [1.54, 1.807) is 0 Å². The number of hydrogen-bond acceptors (Lipinski definition) is 0. The number of rotatable bonds is 3. The van der Waals surface area contributed by atoms with Crippen LogP contribution in [-0.4, -0.2) is 3.92 Å². The highest BCUT2D eigenvalue weighted by molar-refractivity contribution is 14.1. The molecule has 0 N–H and O–H groups in total. The Morgan fingerprint density at radius 2 is 2.00 bits per heavy atom. The second-order valence-electron chi connectivity index (χ2n) is 3.83. The molecule has 0 saturated heterocycles. The maximum Gasteiger partial charge on any atom is 0.0135 e. The summed E-state index contributed by atoms with van der Waals surface area (Å²) in [5.74, 6) is 1.81. The summed E-state index contributed by atoms with van der Waals surface area (Å²) in [5, 5.41) is 0. The lowest BCUT2D eigenvalue weighted by molar-refractivity contribution is 0.306. The third-order valence-corrected chi connectivity index (χ3v) is 4.95. The first-order valence-corrected chi connectivity index (χ1v) is 6.29. The van der Waals surface area contributed by atoms with E-state index in [9.17, 15) is 0 Å². The van der Waals surface area contributed by atoms with Crippen molar-refractivity contribution in [1.82, 2.24) is 0 Å². The molecule has 0 aliphatic heterocycles. The van der Waals surface area contributed by atoms with Crippen LogP contribution in [0, 0.1) is 11.8 Å². The second kappa shape index (κ2) is 5.25. The van der Waals surface area contributed by atoms with E-state index in [-0.39, 0.29) is 0 Å². The fraction of sp³-hybridized carbons (Fsp3) is 0.818. The van der Waals surface area contributed by atoms with Crippen LogP contribution in [0.3, 0.4) is 0 Å². The molecule has 1 unspecified atom stereocenters. The van der Waals surface area contributed by atoms with Crippen molar-refractivity contribution in [3.05, 3.63) is 12.7 Å². The smallest absolute Gasteiger partial charge is 0.0135 e. The minimum absolute atomic E-state index is 0.821. The van der Waals surface area contributed by atoms with Gasteiger partial charge in [-0.3, -0.25) is 0 Å². The lowest BCUT2D eigenvalue weighted by Crippen LogP contribution is -2.20. The van der Waals surface area contributed by atoms with Crippen LogP contribution in [0.4, 0.5) is 0 Å². The molecule has 0 heterocycles. The third kappa shape index (κ3) is 2.75. The summed E-state index contributed by atoms with van der Waals surface area (Å²) in [5.41, 5.74) is 0. The molecule has 0 aromatic rings. The van der Waals surface area contributed by atoms with Crippen LogP contribution < -0.4 is 0 Å². The van der Waals surface area contributed by atoms with E-state index in [0.717, 1.165) is 15.8 Å². The average Bonchev–Trinajstić information content (AvgIpc) is 2.17. The van der Waals surface area contributed by atoms with Crippen LogP contribution in [0.1, 0.15) is 39.0 Å². The van der Waals surface area contributed by atoms with Gasteiger partial charge in [0.2, 0.25) is 0 Å². The minimum atomic E-state index is 0.821. The van der Waals surface area contributed by atoms with Gasteiger partial charge in [0.1, 0.15) is 0 Å². The molecule has 1 aliphatic carbocycles. The number of hydrogen-bond donors (Lipinski definition) is 0. The summed E-state index contributed by atoms with van der Waals surface area (Å²) in [4.78, 5) is 0. The zero-order valence-corrected chi connectivity index (χ0v) is 10.1. The van der Waals surface area contributed by atoms with Crippen LogP contribution in [0.15, 0.2) is 12.7 Å². The highest BCUT2D eigenvalue weighted by Gasteiger charge is 2.23. The molecule has 0 radical (unpaired) electrons. The van der Waals surface area contributed by atoms with E-state index < -0.39 is 0 Å². The van der Waals surface area contributed by atoms with E-state index in [1.165, 1.54) is 32.1 Å². The molecule has 1 heteroatoms. The predicted octanol–water partition coefficient (Wildman–Crippen LogP) is 4.19. The van der Waals surface area contributed by atoms with Crippen LogP contribution in [0.5, 0.6) is 0 Å². The maximum absolute atomic E-state index is 3.87. The SMILES string of the molecule is C=CC1CCC(C(I)CC)CC1. The molecule has 0 amide bonds. The van der Waals surface area contributed by atoms with Gasteiger partial charge in [0.15, 0.2) is 0 Å². The van der Waals surface area contributed by atoms with Crippen LogP contribution in [0.2, 0.25) is 0 Å². The normalized spacial score (nSPS) is 32.8. The molecule has 1 fully saturated rings. The average molecular weight is 278 g/mol. The molecule has 1 rings (SSSR count). The third-order valence-electron chi connectivity index (χ3n) is 3.05. The number of alkyl halides is 1. The van der Waals surface area contributed by atoms with Crippen molar-refractivity contribution in [3.63, 3.8) is 0 Å². The van der Waals surface area contributed by atoms with Crippen LogP contribution in [0.25, 0.3) is 0 Å². The first-order chi connectivity index (χ1) is 5.77. The van der Waals surface area contributed by atoms with Gasteiger partial charge < -0.3 is 0 Å². The van der Waals surface area contributed by atoms with Gasteiger partial charge in [0.25, 0.3) is 0 Å². The van der Waals surface area contributed by atoms with Crippen molar-refractivity contribution in [1.29, 1.82) is 0 Å².